The van der Waals surface area contributed by atoms with Crippen molar-refractivity contribution in [2.45, 2.75) is 19.9 Å². The van der Waals surface area contributed by atoms with Gasteiger partial charge in [0, 0.05) is 11.6 Å². The Kier molecular flexibility index (Phi) is 7.85. The second kappa shape index (κ2) is 10.8. The van der Waals surface area contributed by atoms with Crippen molar-refractivity contribution < 1.29 is 43.2 Å². The molecule has 3 rings (SSSR count). The Hall–Kier alpha value is -4.21. The van der Waals surface area contributed by atoms with Gasteiger partial charge in [-0.05, 0) is 36.3 Å². The van der Waals surface area contributed by atoms with Crippen molar-refractivity contribution in [3.63, 3.8) is 0 Å². The van der Waals surface area contributed by atoms with Crippen molar-refractivity contribution in [3.8, 4) is 28.7 Å². The number of carboxylic acids is 1. The van der Waals surface area contributed by atoms with Crippen LogP contribution in [-0.4, -0.2) is 56.7 Å². The molecule has 0 spiro atoms. The molecule has 0 bridgehead atoms. The summed E-state index contributed by atoms with van der Waals surface area (Å²) in [6.45, 7) is 2.99. The fraction of sp³-hybridized carbons (Fsp3) is 0.320. The van der Waals surface area contributed by atoms with E-state index in [1.807, 2.05) is 0 Å². The second-order valence-electron chi connectivity index (χ2n) is 7.94. The number of rotatable bonds is 10. The predicted molar refractivity (Wildman–Crippen MR) is 125 cm³/mol. The number of methoxy groups -OCH3 is 3. The zero-order valence-electron chi connectivity index (χ0n) is 20.0. The average Bonchev–Trinajstić information content (AvgIpc) is 3.14. The number of carboxylic acid groups (broad SMARTS) is 1. The normalized spacial score (nSPS) is 14.2. The third-order valence-electron chi connectivity index (χ3n) is 5.28. The van der Waals surface area contributed by atoms with Gasteiger partial charge in [-0.2, -0.15) is 0 Å². The van der Waals surface area contributed by atoms with Gasteiger partial charge in [-0.25, -0.2) is 4.79 Å². The number of benzene rings is 2. The number of hydrogen-bond donors (Lipinski definition) is 2. The molecule has 0 saturated carbocycles. The van der Waals surface area contributed by atoms with Crippen LogP contribution in [0.25, 0.3) is 6.08 Å². The van der Waals surface area contributed by atoms with E-state index < -0.39 is 24.5 Å². The Morgan fingerprint density at radius 3 is 2.37 bits per heavy atom. The van der Waals surface area contributed by atoms with Gasteiger partial charge in [0.1, 0.15) is 17.5 Å². The van der Waals surface area contributed by atoms with Crippen molar-refractivity contribution in [1.82, 2.24) is 5.32 Å². The van der Waals surface area contributed by atoms with E-state index in [2.05, 4.69) is 5.32 Å². The van der Waals surface area contributed by atoms with E-state index in [0.29, 0.717) is 28.4 Å². The minimum absolute atomic E-state index is 0.0710. The fourth-order valence-corrected chi connectivity index (χ4v) is 3.51. The minimum Gasteiger partial charge on any atom is -0.493 e. The maximum atomic E-state index is 12.9. The van der Waals surface area contributed by atoms with Crippen LogP contribution in [0.2, 0.25) is 0 Å². The Labute approximate surface area is 202 Å². The van der Waals surface area contributed by atoms with Crippen molar-refractivity contribution >= 4 is 23.7 Å². The van der Waals surface area contributed by atoms with Crippen LogP contribution < -0.4 is 29.0 Å². The Morgan fingerprint density at radius 2 is 1.77 bits per heavy atom. The largest absolute Gasteiger partial charge is 0.493 e. The molecule has 2 aromatic carbocycles. The van der Waals surface area contributed by atoms with Crippen LogP contribution in [0.3, 0.4) is 0 Å². The first-order valence-corrected chi connectivity index (χ1v) is 10.7. The first-order chi connectivity index (χ1) is 16.7. The molecule has 35 heavy (non-hydrogen) atoms. The first-order valence-electron chi connectivity index (χ1n) is 10.7. The highest BCUT2D eigenvalue weighted by Gasteiger charge is 2.29. The van der Waals surface area contributed by atoms with E-state index in [1.165, 1.54) is 45.6 Å². The number of aliphatic carboxylic acids is 1. The van der Waals surface area contributed by atoms with Crippen LogP contribution in [0.15, 0.2) is 36.1 Å². The van der Waals surface area contributed by atoms with Crippen molar-refractivity contribution in [2.75, 3.05) is 27.9 Å². The van der Waals surface area contributed by atoms with Gasteiger partial charge >= 0.3 is 5.97 Å². The number of carbonyl (C=O) groups excluding carboxylic acids is 2. The first kappa shape index (κ1) is 25.4. The Bertz CT molecular complexity index is 1170. The minimum atomic E-state index is -1.12. The van der Waals surface area contributed by atoms with Crippen molar-refractivity contribution in [3.05, 3.63) is 47.2 Å². The summed E-state index contributed by atoms with van der Waals surface area (Å²) in [4.78, 5) is 36.2. The molecular weight excluding hydrogens is 458 g/mol. The van der Waals surface area contributed by atoms with Crippen LogP contribution in [0.1, 0.15) is 29.8 Å². The second-order valence-corrected chi connectivity index (χ2v) is 7.94. The van der Waals surface area contributed by atoms with E-state index in [9.17, 15) is 19.5 Å². The monoisotopic (exact) mass is 485 g/mol. The SMILES string of the molecule is COc1ccc(/C=C2\Oc3cc(OCC(=O)N[C@H](C(=O)O)C(C)C)ccc3C2=O)c(OC)c1OC. The summed E-state index contributed by atoms with van der Waals surface area (Å²) in [5, 5.41) is 11.6. The lowest BCUT2D eigenvalue weighted by atomic mass is 10.1. The van der Waals surface area contributed by atoms with Crippen LogP contribution in [-0.2, 0) is 9.59 Å². The summed E-state index contributed by atoms with van der Waals surface area (Å²) in [6, 6.07) is 6.93. The number of Topliss-reactive ketones (excluding diaryl/α,β-unsaturated/α-hetero) is 1. The van der Waals surface area contributed by atoms with Crippen molar-refractivity contribution in [2.24, 2.45) is 5.92 Å². The van der Waals surface area contributed by atoms with Gasteiger partial charge in [0.05, 0.1) is 26.9 Å². The highest BCUT2D eigenvalue weighted by molar-refractivity contribution is 6.14. The zero-order chi connectivity index (χ0) is 25.7. The molecule has 2 aromatic rings. The summed E-state index contributed by atoms with van der Waals surface area (Å²) in [7, 11) is 4.47. The van der Waals surface area contributed by atoms with Gasteiger partial charge in [0.2, 0.25) is 11.5 Å². The predicted octanol–water partition coefficient (Wildman–Crippen LogP) is 2.93. The lowest BCUT2D eigenvalue weighted by Gasteiger charge is -2.18. The Balaban J connectivity index is 1.76. The number of carbonyl (C=O) groups is 3. The molecule has 0 aromatic heterocycles. The lowest BCUT2D eigenvalue weighted by molar-refractivity contribution is -0.143. The molecule has 2 N–H and O–H groups in total. The molecule has 0 unspecified atom stereocenters. The fourth-order valence-electron chi connectivity index (χ4n) is 3.51. The number of fused-ring (bicyclic) bond motifs is 1. The van der Waals surface area contributed by atoms with Gasteiger partial charge in [-0.1, -0.05) is 13.8 Å². The third kappa shape index (κ3) is 5.48. The number of ketones is 1. The van der Waals surface area contributed by atoms with Gasteiger partial charge < -0.3 is 34.1 Å². The summed E-state index contributed by atoms with van der Waals surface area (Å²) in [5.74, 6) is -0.464. The molecule has 1 heterocycles. The molecule has 0 fully saturated rings. The van der Waals surface area contributed by atoms with Gasteiger partial charge in [-0.3, -0.25) is 9.59 Å². The molecule has 10 heteroatoms. The third-order valence-corrected chi connectivity index (χ3v) is 5.28. The molecule has 1 aliphatic rings. The standard InChI is InChI=1S/C25H27NO9/c1-13(2)21(25(29)30)26-20(27)12-34-15-7-8-16-18(11-15)35-19(22(16)28)10-14-6-9-17(31-3)24(33-5)23(14)32-4/h6-11,13,21H,12H2,1-5H3,(H,26,27)(H,29,30)/b19-10-/t21-/m0/s1. The summed E-state index contributed by atoms with van der Waals surface area (Å²) >= 11 is 0. The van der Waals surface area contributed by atoms with Crippen LogP contribution in [0, 0.1) is 5.92 Å². The van der Waals surface area contributed by atoms with Crippen molar-refractivity contribution in [1.29, 1.82) is 0 Å². The Morgan fingerprint density at radius 1 is 1.06 bits per heavy atom. The number of hydrogen-bond acceptors (Lipinski definition) is 8. The molecule has 186 valence electrons. The number of ether oxygens (including phenoxy) is 5. The average molecular weight is 485 g/mol. The summed E-state index contributed by atoms with van der Waals surface area (Å²) < 4.78 is 27.3. The van der Waals surface area contributed by atoms with E-state index in [4.69, 9.17) is 23.7 Å². The smallest absolute Gasteiger partial charge is 0.326 e. The maximum absolute atomic E-state index is 12.9. The van der Waals surface area contributed by atoms with E-state index in [-0.39, 0.29) is 29.0 Å². The topological polar surface area (TPSA) is 130 Å². The van der Waals surface area contributed by atoms with Gasteiger partial charge in [0.15, 0.2) is 23.9 Å². The molecule has 0 aliphatic carbocycles. The van der Waals surface area contributed by atoms with Crippen LogP contribution in [0.5, 0.6) is 28.7 Å². The zero-order valence-corrected chi connectivity index (χ0v) is 20.0. The molecule has 0 radical (unpaired) electrons. The summed E-state index contributed by atoms with van der Waals surface area (Å²) in [6.07, 6.45) is 1.54. The van der Waals surface area contributed by atoms with Crippen LogP contribution in [0.4, 0.5) is 0 Å². The molecule has 0 saturated heterocycles. The van der Waals surface area contributed by atoms with E-state index in [1.54, 1.807) is 26.0 Å². The lowest BCUT2D eigenvalue weighted by Crippen LogP contribution is -2.46. The molecular formula is C25H27NO9. The highest BCUT2D eigenvalue weighted by Crippen LogP contribution is 2.42. The number of allylic oxidation sites excluding steroid dienone is 1. The number of nitrogens with one attached hydrogen (secondary N) is 1. The number of amides is 1. The van der Waals surface area contributed by atoms with E-state index in [0.717, 1.165) is 0 Å². The molecule has 1 amide bonds. The van der Waals surface area contributed by atoms with Gasteiger partial charge in [-0.15, -0.1) is 0 Å². The molecule has 10 nitrogen and oxygen atoms in total. The highest BCUT2D eigenvalue weighted by atomic mass is 16.5. The molecule has 1 aliphatic heterocycles. The maximum Gasteiger partial charge on any atom is 0.326 e. The molecule has 1 atom stereocenters. The van der Waals surface area contributed by atoms with E-state index >= 15 is 0 Å². The summed E-state index contributed by atoms with van der Waals surface area (Å²) in [5.41, 5.74) is 0.880. The van der Waals surface area contributed by atoms with Gasteiger partial charge in [0.25, 0.3) is 5.91 Å². The van der Waals surface area contributed by atoms with Crippen LogP contribution >= 0.6 is 0 Å². The quantitative estimate of drug-likeness (QED) is 0.488.